The fourth-order valence-electron chi connectivity index (χ4n) is 3.66. The van der Waals surface area contributed by atoms with Gasteiger partial charge in [-0.05, 0) is 36.8 Å². The van der Waals surface area contributed by atoms with Gasteiger partial charge in [0.25, 0.3) is 0 Å². The Kier molecular flexibility index (Phi) is 5.72. The number of anilines is 1. The fraction of sp³-hybridized carbons (Fsp3) is 0.381. The maximum Gasteiger partial charge on any atom is 0.417 e. The molecule has 0 saturated carbocycles. The number of halogens is 3. The van der Waals surface area contributed by atoms with E-state index in [9.17, 15) is 18.0 Å². The molecule has 30 heavy (non-hydrogen) atoms. The van der Waals surface area contributed by atoms with E-state index < -0.39 is 17.5 Å². The third-order valence-electron chi connectivity index (χ3n) is 5.19. The number of oxazole rings is 1. The molecule has 0 aliphatic carbocycles. The number of H-pyrrole nitrogens is 1. The maximum absolute atomic E-state index is 12.8. The van der Waals surface area contributed by atoms with Crippen molar-refractivity contribution >= 4 is 16.8 Å². The Labute approximate surface area is 170 Å². The number of rotatable bonds is 6. The lowest BCUT2D eigenvalue weighted by Gasteiger charge is -2.35. The molecule has 0 bridgehead atoms. The zero-order chi connectivity index (χ0) is 21.1. The number of aromatic amines is 1. The number of piperazine rings is 1. The molecule has 1 aliphatic heterocycles. The minimum absolute atomic E-state index is 0.232. The van der Waals surface area contributed by atoms with E-state index in [-0.39, 0.29) is 5.75 Å². The van der Waals surface area contributed by atoms with Gasteiger partial charge in [0, 0.05) is 32.7 Å². The van der Waals surface area contributed by atoms with Gasteiger partial charge in [0.1, 0.15) is 5.75 Å². The summed E-state index contributed by atoms with van der Waals surface area (Å²) in [5, 5.41) is 0. The van der Waals surface area contributed by atoms with Gasteiger partial charge in [-0.25, -0.2) is 4.79 Å². The molecule has 2 aromatic carbocycles. The Morgan fingerprint density at radius 2 is 1.83 bits per heavy atom. The molecule has 1 saturated heterocycles. The predicted molar refractivity (Wildman–Crippen MR) is 107 cm³/mol. The number of para-hydroxylation sites is 1. The summed E-state index contributed by atoms with van der Waals surface area (Å²) in [4.78, 5) is 18.6. The van der Waals surface area contributed by atoms with Crippen molar-refractivity contribution in [2.45, 2.75) is 12.6 Å². The lowest BCUT2D eigenvalue weighted by molar-refractivity contribution is -0.137. The summed E-state index contributed by atoms with van der Waals surface area (Å²) >= 11 is 0. The predicted octanol–water partition coefficient (Wildman–Crippen LogP) is 3.73. The smallest absolute Gasteiger partial charge is 0.417 e. The largest absolute Gasteiger partial charge is 0.494 e. The van der Waals surface area contributed by atoms with Crippen LogP contribution in [-0.4, -0.2) is 49.2 Å². The second-order valence-electron chi connectivity index (χ2n) is 7.22. The average Bonchev–Trinajstić information content (AvgIpc) is 3.11. The number of benzene rings is 2. The molecule has 1 fully saturated rings. The van der Waals surface area contributed by atoms with E-state index in [1.54, 1.807) is 0 Å². The topological polar surface area (TPSA) is 61.7 Å². The first-order valence-electron chi connectivity index (χ1n) is 9.79. The van der Waals surface area contributed by atoms with Crippen LogP contribution in [0.4, 0.5) is 18.9 Å². The molecule has 1 N–H and O–H groups in total. The first-order chi connectivity index (χ1) is 14.4. The van der Waals surface area contributed by atoms with Gasteiger partial charge in [-0.3, -0.25) is 9.88 Å². The molecule has 1 aromatic heterocycles. The highest BCUT2D eigenvalue weighted by Crippen LogP contribution is 2.31. The summed E-state index contributed by atoms with van der Waals surface area (Å²) in [6, 6.07) is 10.6. The van der Waals surface area contributed by atoms with E-state index in [1.807, 2.05) is 18.2 Å². The number of aromatic nitrogens is 1. The minimum atomic E-state index is -4.37. The molecule has 3 aromatic rings. The van der Waals surface area contributed by atoms with Gasteiger partial charge in [-0.1, -0.05) is 12.1 Å². The van der Waals surface area contributed by atoms with Gasteiger partial charge in [-0.15, -0.1) is 0 Å². The standard InChI is InChI=1S/C21H22F3N3O3/c22-21(23,24)15-4-1-5-16(14-15)29-13-3-8-26-9-11-27(12-10-26)18-7-2-6-17-19(18)30-20(28)25-17/h1-2,4-7,14H,3,8-13H2,(H,25,28). The first-order valence-corrected chi connectivity index (χ1v) is 9.79. The van der Waals surface area contributed by atoms with Crippen LogP contribution in [0.15, 0.2) is 51.7 Å². The number of hydrogen-bond donors (Lipinski definition) is 1. The number of alkyl halides is 3. The van der Waals surface area contributed by atoms with Gasteiger partial charge >= 0.3 is 11.9 Å². The van der Waals surface area contributed by atoms with Crippen molar-refractivity contribution in [3.8, 4) is 5.75 Å². The Balaban J connectivity index is 1.24. The number of nitrogens with one attached hydrogen (secondary N) is 1. The highest BCUT2D eigenvalue weighted by Gasteiger charge is 2.30. The summed E-state index contributed by atoms with van der Waals surface area (Å²) in [5.74, 6) is -0.229. The molecule has 1 aliphatic rings. The number of ether oxygens (including phenoxy) is 1. The number of fused-ring (bicyclic) bond motifs is 1. The van der Waals surface area contributed by atoms with Crippen molar-refractivity contribution in [2.75, 3.05) is 44.2 Å². The second kappa shape index (κ2) is 8.43. The van der Waals surface area contributed by atoms with Crippen LogP contribution in [0.25, 0.3) is 11.1 Å². The summed E-state index contributed by atoms with van der Waals surface area (Å²) < 4.78 is 49.0. The third kappa shape index (κ3) is 4.62. The average molecular weight is 421 g/mol. The van der Waals surface area contributed by atoms with E-state index in [2.05, 4.69) is 14.8 Å². The molecular formula is C21H22F3N3O3. The van der Waals surface area contributed by atoms with E-state index in [1.165, 1.54) is 12.1 Å². The lowest BCUT2D eigenvalue weighted by atomic mass is 10.2. The van der Waals surface area contributed by atoms with E-state index >= 15 is 0 Å². The summed E-state index contributed by atoms with van der Waals surface area (Å²) in [6.45, 7) is 4.43. The molecule has 0 amide bonds. The van der Waals surface area contributed by atoms with Crippen LogP contribution in [-0.2, 0) is 6.18 Å². The highest BCUT2D eigenvalue weighted by molar-refractivity contribution is 5.86. The van der Waals surface area contributed by atoms with Gasteiger partial charge in [0.2, 0.25) is 0 Å². The number of hydrogen-bond acceptors (Lipinski definition) is 5. The molecule has 4 rings (SSSR count). The SMILES string of the molecule is O=c1[nH]c2cccc(N3CCN(CCCOc4cccc(C(F)(F)F)c4)CC3)c2o1. The van der Waals surface area contributed by atoms with Crippen LogP contribution >= 0.6 is 0 Å². The van der Waals surface area contributed by atoms with Gasteiger partial charge in [0.05, 0.1) is 23.4 Å². The Morgan fingerprint density at radius 1 is 1.07 bits per heavy atom. The zero-order valence-corrected chi connectivity index (χ0v) is 16.2. The van der Waals surface area contributed by atoms with Crippen molar-refractivity contribution in [3.05, 3.63) is 58.6 Å². The Hall–Kier alpha value is -2.94. The van der Waals surface area contributed by atoms with E-state index in [4.69, 9.17) is 9.15 Å². The van der Waals surface area contributed by atoms with E-state index in [0.29, 0.717) is 17.7 Å². The summed E-state index contributed by atoms with van der Waals surface area (Å²) in [7, 11) is 0. The normalized spacial score (nSPS) is 15.6. The molecule has 0 spiro atoms. The molecular weight excluding hydrogens is 399 g/mol. The maximum atomic E-state index is 12.8. The number of nitrogens with zero attached hydrogens (tertiary/aromatic N) is 2. The Morgan fingerprint density at radius 3 is 2.60 bits per heavy atom. The van der Waals surface area contributed by atoms with Crippen molar-refractivity contribution < 1.29 is 22.3 Å². The molecule has 0 atom stereocenters. The molecule has 160 valence electrons. The van der Waals surface area contributed by atoms with Crippen molar-refractivity contribution in [2.24, 2.45) is 0 Å². The zero-order valence-electron chi connectivity index (χ0n) is 16.2. The van der Waals surface area contributed by atoms with Crippen LogP contribution in [0.3, 0.4) is 0 Å². The minimum Gasteiger partial charge on any atom is -0.494 e. The van der Waals surface area contributed by atoms with Crippen molar-refractivity contribution in [3.63, 3.8) is 0 Å². The molecule has 0 radical (unpaired) electrons. The monoisotopic (exact) mass is 421 g/mol. The van der Waals surface area contributed by atoms with Crippen molar-refractivity contribution in [1.82, 2.24) is 9.88 Å². The molecule has 6 nitrogen and oxygen atoms in total. The van der Waals surface area contributed by atoms with Crippen LogP contribution in [0, 0.1) is 0 Å². The first kappa shape index (κ1) is 20.3. The molecule has 2 heterocycles. The van der Waals surface area contributed by atoms with Gasteiger partial charge < -0.3 is 14.1 Å². The lowest BCUT2D eigenvalue weighted by Crippen LogP contribution is -2.46. The molecule has 0 unspecified atom stereocenters. The fourth-order valence-corrected chi connectivity index (χ4v) is 3.66. The van der Waals surface area contributed by atoms with Gasteiger partial charge in [-0.2, -0.15) is 13.2 Å². The Bertz CT molecular complexity index is 1050. The third-order valence-corrected chi connectivity index (χ3v) is 5.19. The van der Waals surface area contributed by atoms with Gasteiger partial charge in [0.15, 0.2) is 5.58 Å². The summed E-state index contributed by atoms with van der Waals surface area (Å²) in [6.07, 6.45) is -3.65. The highest BCUT2D eigenvalue weighted by atomic mass is 19.4. The van der Waals surface area contributed by atoms with Crippen molar-refractivity contribution in [1.29, 1.82) is 0 Å². The van der Waals surface area contributed by atoms with Crippen LogP contribution in [0.5, 0.6) is 5.75 Å². The van der Waals surface area contributed by atoms with E-state index in [0.717, 1.165) is 57.0 Å². The summed E-state index contributed by atoms with van der Waals surface area (Å²) in [5.41, 5.74) is 1.46. The molecule has 9 heteroatoms. The van der Waals surface area contributed by atoms with Crippen LogP contribution < -0.4 is 15.4 Å². The van der Waals surface area contributed by atoms with Crippen LogP contribution in [0.2, 0.25) is 0 Å². The van der Waals surface area contributed by atoms with Crippen LogP contribution in [0.1, 0.15) is 12.0 Å². The quantitative estimate of drug-likeness (QED) is 0.615. The second-order valence-corrected chi connectivity index (χ2v) is 7.22.